The molecule has 0 aromatic heterocycles. The standard InChI is InChI=1S/C9H9F4N/c10-8-4-2-1-3-6(8)7(5-14)9(11,12)13/h1-4,7H,5,14H2. The second kappa shape index (κ2) is 3.96. The molecule has 1 unspecified atom stereocenters. The van der Waals surface area contributed by atoms with Crippen LogP contribution in [0.4, 0.5) is 17.6 Å². The van der Waals surface area contributed by atoms with Crippen molar-refractivity contribution in [2.75, 3.05) is 6.54 Å². The average Bonchev–Trinajstić information content (AvgIpc) is 2.07. The van der Waals surface area contributed by atoms with Crippen molar-refractivity contribution in [1.29, 1.82) is 0 Å². The van der Waals surface area contributed by atoms with E-state index in [-0.39, 0.29) is 0 Å². The van der Waals surface area contributed by atoms with Crippen LogP contribution in [0, 0.1) is 5.82 Å². The monoisotopic (exact) mass is 207 g/mol. The topological polar surface area (TPSA) is 26.0 Å². The maximum Gasteiger partial charge on any atom is 0.397 e. The van der Waals surface area contributed by atoms with E-state index in [2.05, 4.69) is 0 Å². The van der Waals surface area contributed by atoms with E-state index in [0.717, 1.165) is 12.1 Å². The Balaban J connectivity index is 3.08. The lowest BCUT2D eigenvalue weighted by atomic mass is 9.98. The van der Waals surface area contributed by atoms with Crippen LogP contribution < -0.4 is 5.73 Å². The second-order valence-electron chi connectivity index (χ2n) is 2.85. The van der Waals surface area contributed by atoms with Gasteiger partial charge in [0.1, 0.15) is 5.82 Å². The van der Waals surface area contributed by atoms with Gasteiger partial charge in [-0.1, -0.05) is 18.2 Å². The smallest absolute Gasteiger partial charge is 0.330 e. The van der Waals surface area contributed by atoms with Crippen LogP contribution in [0.3, 0.4) is 0 Å². The third-order valence-electron chi connectivity index (χ3n) is 1.91. The Labute approximate surface area is 78.5 Å². The number of hydrogen-bond donors (Lipinski definition) is 1. The predicted molar refractivity (Wildman–Crippen MR) is 44.3 cm³/mol. The fourth-order valence-electron chi connectivity index (χ4n) is 1.19. The number of rotatable bonds is 2. The molecule has 0 saturated heterocycles. The van der Waals surface area contributed by atoms with Gasteiger partial charge in [0.2, 0.25) is 0 Å². The summed E-state index contributed by atoms with van der Waals surface area (Å²) in [7, 11) is 0. The molecular formula is C9H9F4N. The average molecular weight is 207 g/mol. The van der Waals surface area contributed by atoms with Crippen LogP contribution >= 0.6 is 0 Å². The minimum Gasteiger partial charge on any atom is -0.330 e. The second-order valence-corrected chi connectivity index (χ2v) is 2.85. The Bertz CT molecular complexity index is 308. The van der Waals surface area contributed by atoms with Gasteiger partial charge in [0, 0.05) is 12.1 Å². The van der Waals surface area contributed by atoms with Gasteiger partial charge in [0.25, 0.3) is 0 Å². The van der Waals surface area contributed by atoms with Gasteiger partial charge in [-0.05, 0) is 6.07 Å². The zero-order valence-corrected chi connectivity index (χ0v) is 7.18. The molecular weight excluding hydrogens is 198 g/mol. The quantitative estimate of drug-likeness (QED) is 0.740. The van der Waals surface area contributed by atoms with Crippen LogP contribution in [0.15, 0.2) is 24.3 Å². The van der Waals surface area contributed by atoms with Crippen LogP contribution in [0.25, 0.3) is 0 Å². The van der Waals surface area contributed by atoms with Crippen molar-refractivity contribution >= 4 is 0 Å². The van der Waals surface area contributed by atoms with E-state index < -0.39 is 30.0 Å². The molecule has 1 atom stereocenters. The molecule has 0 fully saturated rings. The van der Waals surface area contributed by atoms with E-state index in [1.807, 2.05) is 0 Å². The normalized spacial score (nSPS) is 14.1. The largest absolute Gasteiger partial charge is 0.397 e. The van der Waals surface area contributed by atoms with Crippen LogP contribution in [0.1, 0.15) is 11.5 Å². The van der Waals surface area contributed by atoms with Gasteiger partial charge in [-0.2, -0.15) is 13.2 Å². The van der Waals surface area contributed by atoms with Gasteiger partial charge in [-0.25, -0.2) is 4.39 Å². The SMILES string of the molecule is NCC(c1ccccc1F)C(F)(F)F. The minimum absolute atomic E-state index is 0.400. The third kappa shape index (κ3) is 2.23. The summed E-state index contributed by atoms with van der Waals surface area (Å²) in [5, 5.41) is 0. The first-order chi connectivity index (χ1) is 6.46. The minimum atomic E-state index is -4.50. The first kappa shape index (κ1) is 11.0. The molecule has 1 aromatic rings. The molecule has 5 heteroatoms. The Morgan fingerprint density at radius 3 is 2.21 bits per heavy atom. The Morgan fingerprint density at radius 2 is 1.79 bits per heavy atom. The van der Waals surface area contributed by atoms with E-state index in [0.29, 0.717) is 0 Å². The van der Waals surface area contributed by atoms with Crippen molar-refractivity contribution < 1.29 is 17.6 Å². The molecule has 1 rings (SSSR count). The third-order valence-corrected chi connectivity index (χ3v) is 1.91. The van der Waals surface area contributed by atoms with Gasteiger partial charge in [-0.3, -0.25) is 0 Å². The fraction of sp³-hybridized carbons (Fsp3) is 0.333. The highest BCUT2D eigenvalue weighted by molar-refractivity contribution is 5.23. The molecule has 14 heavy (non-hydrogen) atoms. The highest BCUT2D eigenvalue weighted by Gasteiger charge is 2.40. The molecule has 0 aliphatic carbocycles. The fourth-order valence-corrected chi connectivity index (χ4v) is 1.19. The summed E-state index contributed by atoms with van der Waals surface area (Å²) in [5.74, 6) is -2.80. The zero-order chi connectivity index (χ0) is 10.8. The molecule has 1 nitrogen and oxygen atoms in total. The lowest BCUT2D eigenvalue weighted by Gasteiger charge is -2.19. The van der Waals surface area contributed by atoms with Gasteiger partial charge in [0.05, 0.1) is 5.92 Å². The van der Waals surface area contributed by atoms with Crippen molar-refractivity contribution in [2.45, 2.75) is 12.1 Å². The highest BCUT2D eigenvalue weighted by Crippen LogP contribution is 2.34. The Kier molecular flexibility index (Phi) is 3.10. The summed E-state index contributed by atoms with van der Waals surface area (Å²) in [6.07, 6.45) is -4.50. The zero-order valence-electron chi connectivity index (χ0n) is 7.18. The maximum atomic E-state index is 13.0. The molecule has 0 aliphatic heterocycles. The van der Waals surface area contributed by atoms with Gasteiger partial charge in [0.15, 0.2) is 0 Å². The molecule has 2 N–H and O–H groups in total. The first-order valence-electron chi connectivity index (χ1n) is 3.98. The van der Waals surface area contributed by atoms with Gasteiger partial charge < -0.3 is 5.73 Å². The van der Waals surface area contributed by atoms with Crippen LogP contribution in [0.5, 0.6) is 0 Å². The number of nitrogens with two attached hydrogens (primary N) is 1. The van der Waals surface area contributed by atoms with Gasteiger partial charge in [-0.15, -0.1) is 0 Å². The Hall–Kier alpha value is -1.10. The number of benzene rings is 1. The molecule has 1 aromatic carbocycles. The first-order valence-corrected chi connectivity index (χ1v) is 3.98. The number of halogens is 4. The molecule has 0 heterocycles. The van der Waals surface area contributed by atoms with E-state index in [9.17, 15) is 17.6 Å². The predicted octanol–water partition coefficient (Wildman–Crippen LogP) is 2.43. The van der Waals surface area contributed by atoms with Crippen molar-refractivity contribution in [3.05, 3.63) is 35.6 Å². The van der Waals surface area contributed by atoms with Crippen molar-refractivity contribution in [3.63, 3.8) is 0 Å². The van der Waals surface area contributed by atoms with E-state index in [4.69, 9.17) is 5.73 Å². The van der Waals surface area contributed by atoms with E-state index >= 15 is 0 Å². The molecule has 0 amide bonds. The van der Waals surface area contributed by atoms with Crippen molar-refractivity contribution in [1.82, 2.24) is 0 Å². The van der Waals surface area contributed by atoms with E-state index in [1.54, 1.807) is 0 Å². The summed E-state index contributed by atoms with van der Waals surface area (Å²) >= 11 is 0. The molecule has 0 saturated carbocycles. The maximum absolute atomic E-state index is 13.0. The molecule has 78 valence electrons. The summed E-state index contributed by atoms with van der Waals surface area (Å²) in [6, 6.07) is 4.78. The summed E-state index contributed by atoms with van der Waals surface area (Å²) < 4.78 is 50.0. The lowest BCUT2D eigenvalue weighted by molar-refractivity contribution is -0.148. The lowest BCUT2D eigenvalue weighted by Crippen LogP contribution is -2.28. The van der Waals surface area contributed by atoms with Crippen molar-refractivity contribution in [2.24, 2.45) is 5.73 Å². The highest BCUT2D eigenvalue weighted by atomic mass is 19.4. The summed E-state index contributed by atoms with van der Waals surface area (Å²) in [6.45, 7) is -0.648. The molecule has 0 aliphatic rings. The summed E-state index contributed by atoms with van der Waals surface area (Å²) in [5.41, 5.74) is 4.57. The molecule has 0 bridgehead atoms. The molecule has 0 radical (unpaired) electrons. The van der Waals surface area contributed by atoms with Gasteiger partial charge >= 0.3 is 6.18 Å². The van der Waals surface area contributed by atoms with Crippen LogP contribution in [-0.2, 0) is 0 Å². The Morgan fingerprint density at radius 1 is 1.21 bits per heavy atom. The summed E-state index contributed by atoms with van der Waals surface area (Å²) in [4.78, 5) is 0. The van der Waals surface area contributed by atoms with Crippen LogP contribution in [0.2, 0.25) is 0 Å². The molecule has 0 spiro atoms. The van der Waals surface area contributed by atoms with E-state index in [1.165, 1.54) is 12.1 Å². The van der Waals surface area contributed by atoms with Crippen molar-refractivity contribution in [3.8, 4) is 0 Å². The number of hydrogen-bond acceptors (Lipinski definition) is 1. The number of alkyl halides is 3. The van der Waals surface area contributed by atoms with Crippen LogP contribution in [-0.4, -0.2) is 12.7 Å².